The van der Waals surface area contributed by atoms with Crippen LogP contribution in [0.5, 0.6) is 0 Å². The average Bonchev–Trinajstić information content (AvgIpc) is 2.62. The minimum absolute atomic E-state index is 0.588. The third-order valence-corrected chi connectivity index (χ3v) is 3.15. The maximum atomic E-state index is 5.66. The van der Waals surface area contributed by atoms with Crippen molar-refractivity contribution >= 4 is 5.69 Å². The van der Waals surface area contributed by atoms with Crippen LogP contribution in [0.2, 0.25) is 0 Å². The van der Waals surface area contributed by atoms with E-state index in [2.05, 4.69) is 36.9 Å². The molecule has 15 heavy (non-hydrogen) atoms. The van der Waals surface area contributed by atoms with Gasteiger partial charge in [-0.1, -0.05) is 18.2 Å². The summed E-state index contributed by atoms with van der Waals surface area (Å²) < 4.78 is 0. The second-order valence-corrected chi connectivity index (χ2v) is 4.50. The van der Waals surface area contributed by atoms with Gasteiger partial charge in [0.25, 0.3) is 0 Å². The first kappa shape index (κ1) is 10.5. The van der Waals surface area contributed by atoms with E-state index in [-0.39, 0.29) is 0 Å². The van der Waals surface area contributed by atoms with E-state index in [1.165, 1.54) is 23.2 Å². The summed E-state index contributed by atoms with van der Waals surface area (Å²) in [6, 6.07) is 7.21. The monoisotopic (exact) mass is 204 g/mol. The molecule has 2 rings (SSSR count). The van der Waals surface area contributed by atoms with Crippen LogP contribution in [0, 0.1) is 0 Å². The van der Waals surface area contributed by atoms with Crippen molar-refractivity contribution in [3.05, 3.63) is 29.3 Å². The van der Waals surface area contributed by atoms with Crippen LogP contribution in [0.4, 0.5) is 5.69 Å². The molecule has 1 aromatic carbocycles. The van der Waals surface area contributed by atoms with Gasteiger partial charge in [-0.15, -0.1) is 0 Å². The number of para-hydroxylation sites is 1. The topological polar surface area (TPSA) is 29.3 Å². The lowest BCUT2D eigenvalue weighted by Crippen LogP contribution is -2.29. The number of hydrogen-bond donors (Lipinski definition) is 1. The zero-order valence-corrected chi connectivity index (χ0v) is 9.66. The molecule has 1 aromatic rings. The molecule has 0 fully saturated rings. The second kappa shape index (κ2) is 4.23. The molecule has 1 heterocycles. The van der Waals surface area contributed by atoms with Gasteiger partial charge in [-0.05, 0) is 44.4 Å². The summed E-state index contributed by atoms with van der Waals surface area (Å²) in [5.41, 5.74) is 10.0. The second-order valence-electron chi connectivity index (χ2n) is 4.50. The van der Waals surface area contributed by atoms with Gasteiger partial charge in [-0.3, -0.25) is 0 Å². The van der Waals surface area contributed by atoms with Crippen molar-refractivity contribution in [3.8, 4) is 0 Å². The molecule has 0 atom stereocenters. The first-order chi connectivity index (χ1) is 7.24. The lowest BCUT2D eigenvalue weighted by Gasteiger charge is -2.26. The van der Waals surface area contributed by atoms with Crippen molar-refractivity contribution in [1.29, 1.82) is 0 Å². The molecular weight excluding hydrogens is 184 g/mol. The van der Waals surface area contributed by atoms with Crippen LogP contribution in [-0.2, 0) is 12.8 Å². The Morgan fingerprint density at radius 1 is 1.40 bits per heavy atom. The highest BCUT2D eigenvalue weighted by molar-refractivity contribution is 5.64. The number of rotatable bonds is 3. The van der Waals surface area contributed by atoms with Gasteiger partial charge in [0.05, 0.1) is 0 Å². The van der Waals surface area contributed by atoms with E-state index in [0.717, 1.165) is 19.5 Å². The average molecular weight is 204 g/mol. The fourth-order valence-electron chi connectivity index (χ4n) is 2.44. The summed E-state index contributed by atoms with van der Waals surface area (Å²) >= 11 is 0. The van der Waals surface area contributed by atoms with Gasteiger partial charge < -0.3 is 10.6 Å². The first-order valence-electron chi connectivity index (χ1n) is 5.81. The quantitative estimate of drug-likeness (QED) is 0.815. The first-order valence-corrected chi connectivity index (χ1v) is 5.81. The summed E-state index contributed by atoms with van der Waals surface area (Å²) in [6.07, 6.45) is 2.18. The van der Waals surface area contributed by atoms with E-state index in [1.807, 2.05) is 0 Å². The molecule has 0 saturated carbocycles. The normalized spacial score (nSPS) is 14.8. The Bertz CT molecular complexity index is 344. The van der Waals surface area contributed by atoms with Crippen molar-refractivity contribution in [2.45, 2.75) is 32.7 Å². The van der Waals surface area contributed by atoms with E-state index in [0.29, 0.717) is 6.04 Å². The molecule has 0 saturated heterocycles. The summed E-state index contributed by atoms with van der Waals surface area (Å²) in [5, 5.41) is 0. The molecule has 0 aliphatic carbocycles. The van der Waals surface area contributed by atoms with Gasteiger partial charge in [0.2, 0.25) is 0 Å². The molecule has 2 nitrogen and oxygen atoms in total. The van der Waals surface area contributed by atoms with Crippen molar-refractivity contribution in [3.63, 3.8) is 0 Å². The fourth-order valence-corrected chi connectivity index (χ4v) is 2.44. The smallest absolute Gasteiger partial charge is 0.0434 e. The highest BCUT2D eigenvalue weighted by Gasteiger charge is 2.23. The largest absolute Gasteiger partial charge is 0.368 e. The van der Waals surface area contributed by atoms with Gasteiger partial charge in [-0.2, -0.15) is 0 Å². The van der Waals surface area contributed by atoms with Crippen LogP contribution in [0.1, 0.15) is 25.0 Å². The molecule has 1 aliphatic rings. The van der Waals surface area contributed by atoms with Crippen molar-refractivity contribution in [2.24, 2.45) is 5.73 Å². The molecule has 0 radical (unpaired) electrons. The lowest BCUT2D eigenvalue weighted by molar-refractivity contribution is 0.706. The van der Waals surface area contributed by atoms with Gasteiger partial charge >= 0.3 is 0 Å². The Balaban J connectivity index is 2.39. The Hall–Kier alpha value is -1.02. The van der Waals surface area contributed by atoms with E-state index in [9.17, 15) is 0 Å². The third kappa shape index (κ3) is 1.86. The maximum absolute atomic E-state index is 5.66. The SMILES string of the molecule is CC(C)N1CCc2cccc(CCN)c21. The van der Waals surface area contributed by atoms with Gasteiger partial charge in [-0.25, -0.2) is 0 Å². The van der Waals surface area contributed by atoms with Crippen LogP contribution in [0.3, 0.4) is 0 Å². The molecule has 2 N–H and O–H groups in total. The Morgan fingerprint density at radius 2 is 2.20 bits per heavy atom. The van der Waals surface area contributed by atoms with Crippen LogP contribution < -0.4 is 10.6 Å². The van der Waals surface area contributed by atoms with Crippen molar-refractivity contribution < 1.29 is 0 Å². The van der Waals surface area contributed by atoms with Crippen LogP contribution >= 0.6 is 0 Å². The van der Waals surface area contributed by atoms with Crippen LogP contribution in [0.15, 0.2) is 18.2 Å². The van der Waals surface area contributed by atoms with E-state index < -0.39 is 0 Å². The molecule has 0 unspecified atom stereocenters. The van der Waals surface area contributed by atoms with Gasteiger partial charge in [0, 0.05) is 18.3 Å². The van der Waals surface area contributed by atoms with Crippen LogP contribution in [-0.4, -0.2) is 19.1 Å². The third-order valence-electron chi connectivity index (χ3n) is 3.15. The van der Waals surface area contributed by atoms with Crippen LogP contribution in [0.25, 0.3) is 0 Å². The Kier molecular flexibility index (Phi) is 2.96. The zero-order chi connectivity index (χ0) is 10.8. The van der Waals surface area contributed by atoms with E-state index in [4.69, 9.17) is 5.73 Å². The zero-order valence-electron chi connectivity index (χ0n) is 9.66. The number of nitrogens with two attached hydrogens (primary N) is 1. The molecule has 82 valence electrons. The summed E-state index contributed by atoms with van der Waals surface area (Å²) in [5.74, 6) is 0. The summed E-state index contributed by atoms with van der Waals surface area (Å²) in [7, 11) is 0. The number of nitrogens with zero attached hydrogens (tertiary/aromatic N) is 1. The number of benzene rings is 1. The molecule has 0 aromatic heterocycles. The number of anilines is 1. The molecular formula is C13H20N2. The predicted octanol–water partition coefficient (Wildman–Crippen LogP) is 1.96. The lowest BCUT2D eigenvalue weighted by atomic mass is 10.0. The Morgan fingerprint density at radius 3 is 2.87 bits per heavy atom. The molecule has 1 aliphatic heterocycles. The van der Waals surface area contributed by atoms with E-state index >= 15 is 0 Å². The standard InChI is InChI=1S/C13H20N2/c1-10(2)15-9-7-12-5-3-4-11(6-8-14)13(12)15/h3-5,10H,6-9,14H2,1-2H3. The maximum Gasteiger partial charge on any atom is 0.0434 e. The number of hydrogen-bond acceptors (Lipinski definition) is 2. The molecule has 0 bridgehead atoms. The molecule has 0 amide bonds. The minimum Gasteiger partial charge on any atom is -0.368 e. The summed E-state index contributed by atoms with van der Waals surface area (Å²) in [6.45, 7) is 6.42. The minimum atomic E-state index is 0.588. The fraction of sp³-hybridized carbons (Fsp3) is 0.538. The van der Waals surface area contributed by atoms with Crippen molar-refractivity contribution in [1.82, 2.24) is 0 Å². The van der Waals surface area contributed by atoms with Gasteiger partial charge in [0.15, 0.2) is 0 Å². The number of fused-ring (bicyclic) bond motifs is 1. The molecule has 2 heteroatoms. The Labute approximate surface area is 92.1 Å². The highest BCUT2D eigenvalue weighted by atomic mass is 15.2. The molecule has 0 spiro atoms. The van der Waals surface area contributed by atoms with Crippen molar-refractivity contribution in [2.75, 3.05) is 18.0 Å². The van der Waals surface area contributed by atoms with E-state index in [1.54, 1.807) is 0 Å². The predicted molar refractivity (Wildman–Crippen MR) is 65.4 cm³/mol. The highest BCUT2D eigenvalue weighted by Crippen LogP contribution is 2.33. The van der Waals surface area contributed by atoms with Gasteiger partial charge in [0.1, 0.15) is 0 Å². The summed E-state index contributed by atoms with van der Waals surface area (Å²) in [4.78, 5) is 2.50.